The molecule has 4 aromatic rings. The number of carbonyl (C=O) groups excluding carboxylic acids is 1. The number of ether oxygens (including phenoxy) is 1. The van der Waals surface area contributed by atoms with Gasteiger partial charge in [-0.1, -0.05) is 23.7 Å². The minimum Gasteiger partial charge on any atom is -0.497 e. The molecule has 1 heterocycles. The van der Waals surface area contributed by atoms with Gasteiger partial charge in [0.15, 0.2) is 0 Å². The number of benzene rings is 3. The van der Waals surface area contributed by atoms with Crippen LogP contribution >= 0.6 is 11.6 Å². The number of nitrogens with zero attached hydrogens (tertiary/aromatic N) is 2. The van der Waals surface area contributed by atoms with E-state index in [4.69, 9.17) is 21.3 Å². The molecule has 1 amide bonds. The van der Waals surface area contributed by atoms with E-state index in [0.29, 0.717) is 10.7 Å². The monoisotopic (exact) mass is 391 g/mol. The maximum absolute atomic E-state index is 12.7. The molecule has 0 fully saturated rings. The molecule has 0 unspecified atom stereocenters. The first kappa shape index (κ1) is 18.1. The molecular formula is C22H18ClN3O2. The Morgan fingerprint density at radius 1 is 1.04 bits per heavy atom. The number of hydrogen-bond acceptors (Lipinski definition) is 3. The molecule has 4 rings (SSSR count). The summed E-state index contributed by atoms with van der Waals surface area (Å²) < 4.78 is 7.15. The standard InChI is InChI=1S/C22H18ClN3O2/c1-28-18-12-6-15(7-13-18)22-25-19-4-2-3-5-20(19)26(22)14-21(27)24-17-10-8-16(23)9-11-17/h2-13H,14H2,1H3,(H,24,27). The highest BCUT2D eigenvalue weighted by Gasteiger charge is 2.15. The van der Waals surface area contributed by atoms with Gasteiger partial charge in [-0.05, 0) is 60.7 Å². The zero-order chi connectivity index (χ0) is 19.5. The first-order chi connectivity index (χ1) is 13.6. The highest BCUT2D eigenvalue weighted by atomic mass is 35.5. The Bertz CT molecular complexity index is 1120. The summed E-state index contributed by atoms with van der Waals surface area (Å²) in [4.78, 5) is 17.4. The number of halogens is 1. The number of carbonyl (C=O) groups is 1. The second-order valence-electron chi connectivity index (χ2n) is 6.29. The lowest BCUT2D eigenvalue weighted by Gasteiger charge is -2.11. The predicted octanol–water partition coefficient (Wildman–Crippen LogP) is 5.00. The number of hydrogen-bond donors (Lipinski definition) is 1. The van der Waals surface area contributed by atoms with E-state index in [0.717, 1.165) is 28.2 Å². The SMILES string of the molecule is COc1ccc(-c2nc3ccccc3n2CC(=O)Nc2ccc(Cl)cc2)cc1. The third-order valence-corrected chi connectivity index (χ3v) is 4.68. The average molecular weight is 392 g/mol. The van der Waals surface area contributed by atoms with Crippen molar-refractivity contribution in [3.8, 4) is 17.1 Å². The largest absolute Gasteiger partial charge is 0.497 e. The first-order valence-electron chi connectivity index (χ1n) is 8.79. The van der Waals surface area contributed by atoms with Crippen LogP contribution in [-0.2, 0) is 11.3 Å². The zero-order valence-corrected chi connectivity index (χ0v) is 16.0. The Labute approximate surface area is 167 Å². The molecule has 5 nitrogen and oxygen atoms in total. The molecular weight excluding hydrogens is 374 g/mol. The van der Waals surface area contributed by atoms with Crippen LogP contribution in [0.5, 0.6) is 5.75 Å². The summed E-state index contributed by atoms with van der Waals surface area (Å²) in [5.74, 6) is 1.36. The zero-order valence-electron chi connectivity index (χ0n) is 15.2. The lowest BCUT2D eigenvalue weighted by Crippen LogP contribution is -2.19. The molecule has 140 valence electrons. The second-order valence-corrected chi connectivity index (χ2v) is 6.73. The van der Waals surface area contributed by atoms with Crippen molar-refractivity contribution < 1.29 is 9.53 Å². The topological polar surface area (TPSA) is 56.2 Å². The Balaban J connectivity index is 1.68. The van der Waals surface area contributed by atoms with Gasteiger partial charge in [-0.25, -0.2) is 4.98 Å². The summed E-state index contributed by atoms with van der Waals surface area (Å²) in [6, 6.07) is 22.5. The fraction of sp³-hybridized carbons (Fsp3) is 0.0909. The van der Waals surface area contributed by atoms with Gasteiger partial charge in [0.2, 0.25) is 5.91 Å². The van der Waals surface area contributed by atoms with Gasteiger partial charge in [0.05, 0.1) is 18.1 Å². The second kappa shape index (κ2) is 7.74. The molecule has 0 saturated carbocycles. The minimum atomic E-state index is -0.139. The van der Waals surface area contributed by atoms with Crippen molar-refractivity contribution in [2.24, 2.45) is 0 Å². The van der Waals surface area contributed by atoms with E-state index >= 15 is 0 Å². The normalized spacial score (nSPS) is 10.8. The molecule has 0 radical (unpaired) electrons. The summed E-state index contributed by atoms with van der Waals surface area (Å²) in [6.45, 7) is 0.143. The summed E-state index contributed by atoms with van der Waals surface area (Å²) in [5.41, 5.74) is 3.35. The number of aromatic nitrogens is 2. The van der Waals surface area contributed by atoms with E-state index in [1.54, 1.807) is 31.4 Å². The van der Waals surface area contributed by atoms with Crippen LogP contribution in [0.15, 0.2) is 72.8 Å². The van der Waals surface area contributed by atoms with Crippen LogP contribution in [0, 0.1) is 0 Å². The van der Waals surface area contributed by atoms with Gasteiger partial charge in [0.25, 0.3) is 0 Å². The maximum atomic E-state index is 12.7. The number of nitrogens with one attached hydrogen (secondary N) is 1. The molecule has 1 N–H and O–H groups in total. The van der Waals surface area contributed by atoms with Crippen LogP contribution in [0.3, 0.4) is 0 Å². The van der Waals surface area contributed by atoms with Crippen LogP contribution in [0.4, 0.5) is 5.69 Å². The number of para-hydroxylation sites is 2. The summed E-state index contributed by atoms with van der Waals surface area (Å²) in [6.07, 6.45) is 0. The molecule has 0 saturated heterocycles. The lowest BCUT2D eigenvalue weighted by molar-refractivity contribution is -0.116. The Hall–Kier alpha value is -3.31. The number of methoxy groups -OCH3 is 1. The quantitative estimate of drug-likeness (QED) is 0.520. The minimum absolute atomic E-state index is 0.139. The predicted molar refractivity (Wildman–Crippen MR) is 112 cm³/mol. The van der Waals surface area contributed by atoms with E-state index in [2.05, 4.69) is 5.32 Å². The number of anilines is 1. The van der Waals surface area contributed by atoms with Crippen molar-refractivity contribution in [1.82, 2.24) is 9.55 Å². The Morgan fingerprint density at radius 2 is 1.75 bits per heavy atom. The van der Waals surface area contributed by atoms with Crippen LogP contribution in [0.25, 0.3) is 22.4 Å². The molecule has 0 aliphatic heterocycles. The molecule has 0 aliphatic rings. The van der Waals surface area contributed by atoms with Crippen LogP contribution in [0.2, 0.25) is 5.02 Å². The molecule has 6 heteroatoms. The van der Waals surface area contributed by atoms with Gasteiger partial charge < -0.3 is 14.6 Å². The van der Waals surface area contributed by atoms with Crippen molar-refractivity contribution in [2.75, 3.05) is 12.4 Å². The molecule has 0 aliphatic carbocycles. The summed E-state index contributed by atoms with van der Waals surface area (Å²) >= 11 is 5.90. The van der Waals surface area contributed by atoms with E-state index in [1.807, 2.05) is 53.1 Å². The van der Waals surface area contributed by atoms with Gasteiger partial charge in [-0.3, -0.25) is 4.79 Å². The van der Waals surface area contributed by atoms with Crippen molar-refractivity contribution in [1.29, 1.82) is 0 Å². The third-order valence-electron chi connectivity index (χ3n) is 4.43. The third kappa shape index (κ3) is 3.70. The van der Waals surface area contributed by atoms with E-state index in [-0.39, 0.29) is 12.5 Å². The first-order valence-corrected chi connectivity index (χ1v) is 9.17. The molecule has 28 heavy (non-hydrogen) atoms. The maximum Gasteiger partial charge on any atom is 0.244 e. The van der Waals surface area contributed by atoms with Gasteiger partial charge in [-0.15, -0.1) is 0 Å². The van der Waals surface area contributed by atoms with Crippen molar-refractivity contribution in [3.05, 3.63) is 77.8 Å². The van der Waals surface area contributed by atoms with Gasteiger partial charge in [0.1, 0.15) is 18.1 Å². The van der Waals surface area contributed by atoms with E-state index in [1.165, 1.54) is 0 Å². The molecule has 1 aromatic heterocycles. The highest BCUT2D eigenvalue weighted by molar-refractivity contribution is 6.30. The van der Waals surface area contributed by atoms with E-state index in [9.17, 15) is 4.79 Å². The van der Waals surface area contributed by atoms with Crippen molar-refractivity contribution in [3.63, 3.8) is 0 Å². The highest BCUT2D eigenvalue weighted by Crippen LogP contribution is 2.26. The van der Waals surface area contributed by atoms with Crippen molar-refractivity contribution in [2.45, 2.75) is 6.54 Å². The lowest BCUT2D eigenvalue weighted by atomic mass is 10.2. The number of imidazole rings is 1. The van der Waals surface area contributed by atoms with Crippen LogP contribution in [0.1, 0.15) is 0 Å². The Kier molecular flexibility index (Phi) is 5.00. The number of fused-ring (bicyclic) bond motifs is 1. The average Bonchev–Trinajstić information content (AvgIpc) is 3.08. The van der Waals surface area contributed by atoms with Gasteiger partial charge in [0, 0.05) is 16.3 Å². The summed E-state index contributed by atoms with van der Waals surface area (Å²) in [7, 11) is 1.63. The molecule has 0 bridgehead atoms. The number of amides is 1. The van der Waals surface area contributed by atoms with Crippen LogP contribution < -0.4 is 10.1 Å². The summed E-state index contributed by atoms with van der Waals surface area (Å²) in [5, 5.41) is 3.53. The molecule has 0 spiro atoms. The smallest absolute Gasteiger partial charge is 0.244 e. The fourth-order valence-corrected chi connectivity index (χ4v) is 3.20. The fourth-order valence-electron chi connectivity index (χ4n) is 3.07. The van der Waals surface area contributed by atoms with Gasteiger partial charge in [-0.2, -0.15) is 0 Å². The van der Waals surface area contributed by atoms with Gasteiger partial charge >= 0.3 is 0 Å². The van der Waals surface area contributed by atoms with E-state index < -0.39 is 0 Å². The Morgan fingerprint density at radius 3 is 2.46 bits per heavy atom. The van der Waals surface area contributed by atoms with Crippen molar-refractivity contribution >= 4 is 34.2 Å². The van der Waals surface area contributed by atoms with Crippen LogP contribution in [-0.4, -0.2) is 22.6 Å². The molecule has 3 aromatic carbocycles. The number of rotatable bonds is 5. The molecule has 0 atom stereocenters.